The average Bonchev–Trinajstić information content (AvgIpc) is 2.77. The van der Waals surface area contributed by atoms with E-state index >= 15 is 0 Å². The number of esters is 1. The maximum absolute atomic E-state index is 13.5. The molecule has 0 bridgehead atoms. The quantitative estimate of drug-likeness (QED) is 0.617. The number of carbonyl (C=O) groups excluding carboxylic acids is 3. The van der Waals surface area contributed by atoms with Crippen LogP contribution in [0, 0.1) is 5.41 Å². The molecule has 0 radical (unpaired) electrons. The molecular weight excluding hydrogens is 384 g/mol. The molecule has 0 heterocycles. The van der Waals surface area contributed by atoms with Crippen LogP contribution in [0.15, 0.2) is 22.7 Å². The van der Waals surface area contributed by atoms with Crippen LogP contribution < -0.4 is 0 Å². The van der Waals surface area contributed by atoms with Crippen molar-refractivity contribution in [3.8, 4) is 0 Å². The lowest BCUT2D eigenvalue weighted by Gasteiger charge is -2.43. The third kappa shape index (κ3) is 3.31. The van der Waals surface area contributed by atoms with Crippen LogP contribution in [0.5, 0.6) is 0 Å². The maximum atomic E-state index is 13.5. The van der Waals surface area contributed by atoms with Crippen LogP contribution >= 0.6 is 15.9 Å². The molecule has 0 saturated heterocycles. The van der Waals surface area contributed by atoms with Crippen LogP contribution in [0.2, 0.25) is 0 Å². The molecule has 0 aromatic heterocycles. The van der Waals surface area contributed by atoms with Gasteiger partial charge in [0.25, 0.3) is 0 Å². The van der Waals surface area contributed by atoms with Gasteiger partial charge in [0.15, 0.2) is 5.78 Å². The maximum Gasteiger partial charge on any atom is 0.305 e. The van der Waals surface area contributed by atoms with Gasteiger partial charge in [0.1, 0.15) is 5.78 Å². The number of benzene rings is 1. The number of hydrogen-bond donors (Lipinski definition) is 0. The topological polar surface area (TPSA) is 60.4 Å². The van der Waals surface area contributed by atoms with Crippen molar-refractivity contribution >= 4 is 33.5 Å². The number of carbonyl (C=O) groups is 3. The first-order valence-corrected chi connectivity index (χ1v) is 9.42. The SMILES string of the molecule is CCC1(C)c2ccc(Br)cc2C(=O)C1(CCC(C)=O)CCC(=O)OC. The molecule has 1 aromatic carbocycles. The number of rotatable bonds is 7. The number of hydrogen-bond acceptors (Lipinski definition) is 4. The molecule has 25 heavy (non-hydrogen) atoms. The van der Waals surface area contributed by atoms with Gasteiger partial charge >= 0.3 is 5.97 Å². The summed E-state index contributed by atoms with van der Waals surface area (Å²) in [5.74, 6) is -0.232. The first-order chi connectivity index (χ1) is 11.7. The lowest BCUT2D eigenvalue weighted by molar-refractivity contribution is -0.141. The molecule has 0 spiro atoms. The zero-order chi connectivity index (χ0) is 18.8. The summed E-state index contributed by atoms with van der Waals surface area (Å²) < 4.78 is 5.64. The first kappa shape index (κ1) is 19.8. The smallest absolute Gasteiger partial charge is 0.305 e. The lowest BCUT2D eigenvalue weighted by atomic mass is 9.58. The van der Waals surface area contributed by atoms with Gasteiger partial charge in [0.2, 0.25) is 0 Å². The molecule has 1 aliphatic carbocycles. The Balaban J connectivity index is 2.57. The third-order valence-electron chi connectivity index (χ3n) is 5.91. The summed E-state index contributed by atoms with van der Waals surface area (Å²) in [6, 6.07) is 5.80. The number of Topliss-reactive ketones (excluding diaryl/α,β-unsaturated/α-hetero) is 2. The van der Waals surface area contributed by atoms with Crippen LogP contribution in [-0.2, 0) is 19.7 Å². The first-order valence-electron chi connectivity index (χ1n) is 8.63. The van der Waals surface area contributed by atoms with Crippen molar-refractivity contribution < 1.29 is 19.1 Å². The van der Waals surface area contributed by atoms with Crippen molar-refractivity contribution in [3.63, 3.8) is 0 Å². The highest BCUT2D eigenvalue weighted by molar-refractivity contribution is 9.10. The molecule has 0 saturated carbocycles. The van der Waals surface area contributed by atoms with Gasteiger partial charge in [-0.2, -0.15) is 0 Å². The molecule has 0 amide bonds. The predicted molar refractivity (Wildman–Crippen MR) is 99.7 cm³/mol. The Bertz CT molecular complexity index is 712. The minimum absolute atomic E-state index is 0.0401. The molecule has 1 aromatic rings. The van der Waals surface area contributed by atoms with E-state index in [0.717, 1.165) is 16.5 Å². The molecular formula is C20H25BrO4. The summed E-state index contributed by atoms with van der Waals surface area (Å²) in [7, 11) is 1.35. The van der Waals surface area contributed by atoms with Crippen molar-refractivity contribution in [1.82, 2.24) is 0 Å². The van der Waals surface area contributed by atoms with Crippen molar-refractivity contribution in [3.05, 3.63) is 33.8 Å². The molecule has 0 aliphatic heterocycles. The highest BCUT2D eigenvalue weighted by Gasteiger charge is 2.58. The second kappa shape index (κ2) is 7.40. The molecule has 1 aliphatic rings. The Kier molecular flexibility index (Phi) is 5.87. The van der Waals surface area contributed by atoms with E-state index in [1.807, 2.05) is 18.2 Å². The molecule has 136 valence electrons. The van der Waals surface area contributed by atoms with E-state index in [-0.39, 0.29) is 24.0 Å². The summed E-state index contributed by atoms with van der Waals surface area (Å²) in [6.07, 6.45) is 2.10. The standard InChI is InChI=1S/C20H25BrO4/c1-5-19(3)16-7-6-14(21)12-15(16)18(24)20(19,10-8-13(2)22)11-9-17(23)25-4/h6-7,12H,5,8-11H2,1-4H3. The van der Waals surface area contributed by atoms with Gasteiger partial charge in [0, 0.05) is 33.7 Å². The van der Waals surface area contributed by atoms with Crippen molar-refractivity contribution in [2.45, 2.75) is 58.3 Å². The van der Waals surface area contributed by atoms with Gasteiger partial charge in [-0.15, -0.1) is 0 Å². The second-order valence-electron chi connectivity index (χ2n) is 7.06. The van der Waals surface area contributed by atoms with Crippen LogP contribution in [0.1, 0.15) is 68.8 Å². The van der Waals surface area contributed by atoms with Gasteiger partial charge in [-0.3, -0.25) is 9.59 Å². The minimum Gasteiger partial charge on any atom is -0.469 e. The highest BCUT2D eigenvalue weighted by atomic mass is 79.9. The molecule has 2 rings (SSSR count). The van der Waals surface area contributed by atoms with Crippen LogP contribution in [0.3, 0.4) is 0 Å². The van der Waals surface area contributed by atoms with E-state index in [1.165, 1.54) is 7.11 Å². The minimum atomic E-state index is -0.759. The van der Waals surface area contributed by atoms with E-state index in [9.17, 15) is 14.4 Å². The van der Waals surface area contributed by atoms with E-state index < -0.39 is 10.8 Å². The van der Waals surface area contributed by atoms with Gasteiger partial charge in [-0.05, 0) is 43.9 Å². The normalized spacial score (nSPS) is 24.9. The Morgan fingerprint density at radius 3 is 2.40 bits per heavy atom. The largest absolute Gasteiger partial charge is 0.469 e. The summed E-state index contributed by atoms with van der Waals surface area (Å²) in [5.41, 5.74) is 0.540. The monoisotopic (exact) mass is 408 g/mol. The highest BCUT2D eigenvalue weighted by Crippen LogP contribution is 2.58. The van der Waals surface area contributed by atoms with Crippen LogP contribution in [0.4, 0.5) is 0 Å². The molecule has 2 unspecified atom stereocenters. The summed E-state index contributed by atoms with van der Waals surface area (Å²) in [4.78, 5) is 36.9. The molecule has 0 fully saturated rings. The second-order valence-corrected chi connectivity index (χ2v) is 7.98. The number of halogens is 1. The molecule has 5 heteroatoms. The van der Waals surface area contributed by atoms with E-state index in [1.54, 1.807) is 6.92 Å². The summed E-state index contributed by atoms with van der Waals surface area (Å²) in [6.45, 7) is 5.69. The lowest BCUT2D eigenvalue weighted by Crippen LogP contribution is -2.44. The fourth-order valence-electron chi connectivity index (χ4n) is 4.19. The van der Waals surface area contributed by atoms with Gasteiger partial charge < -0.3 is 9.53 Å². The van der Waals surface area contributed by atoms with E-state index in [0.29, 0.717) is 24.8 Å². The van der Waals surface area contributed by atoms with Gasteiger partial charge in [0.05, 0.1) is 7.11 Å². The Morgan fingerprint density at radius 2 is 1.84 bits per heavy atom. The Labute approximate surface area is 157 Å². The third-order valence-corrected chi connectivity index (χ3v) is 6.40. The predicted octanol–water partition coefficient (Wildman–Crippen LogP) is 4.62. The Hall–Kier alpha value is -1.49. The number of ketones is 2. The van der Waals surface area contributed by atoms with E-state index in [4.69, 9.17) is 4.74 Å². The number of methoxy groups -OCH3 is 1. The molecule has 4 nitrogen and oxygen atoms in total. The van der Waals surface area contributed by atoms with Gasteiger partial charge in [-0.25, -0.2) is 0 Å². The number of ether oxygens (including phenoxy) is 1. The van der Waals surface area contributed by atoms with Gasteiger partial charge in [-0.1, -0.05) is 35.8 Å². The van der Waals surface area contributed by atoms with Crippen LogP contribution in [0.25, 0.3) is 0 Å². The van der Waals surface area contributed by atoms with Crippen LogP contribution in [-0.4, -0.2) is 24.6 Å². The summed E-state index contributed by atoms with van der Waals surface area (Å²) in [5, 5.41) is 0. The average molecular weight is 409 g/mol. The van der Waals surface area contributed by atoms with Crippen molar-refractivity contribution in [1.29, 1.82) is 0 Å². The fraction of sp³-hybridized carbons (Fsp3) is 0.550. The zero-order valence-corrected chi connectivity index (χ0v) is 16.9. The fourth-order valence-corrected chi connectivity index (χ4v) is 4.55. The zero-order valence-electron chi connectivity index (χ0n) is 15.3. The number of fused-ring (bicyclic) bond motifs is 1. The molecule has 0 N–H and O–H groups in total. The van der Waals surface area contributed by atoms with Crippen molar-refractivity contribution in [2.75, 3.05) is 7.11 Å². The van der Waals surface area contributed by atoms with E-state index in [2.05, 4.69) is 29.8 Å². The molecule has 2 atom stereocenters. The summed E-state index contributed by atoms with van der Waals surface area (Å²) >= 11 is 3.44. The van der Waals surface area contributed by atoms with Crippen molar-refractivity contribution in [2.24, 2.45) is 5.41 Å². The Morgan fingerprint density at radius 1 is 1.20 bits per heavy atom.